The normalized spacial score (nSPS) is 17.5. The molecule has 2 aromatic carbocycles. The van der Waals surface area contributed by atoms with E-state index in [-0.39, 0.29) is 5.41 Å². The molecule has 0 radical (unpaired) electrons. The summed E-state index contributed by atoms with van der Waals surface area (Å²) in [5, 5.41) is 4.76. The van der Waals surface area contributed by atoms with Gasteiger partial charge in [-0.25, -0.2) is 0 Å². The SMILES string of the molecule is CNC(Cc1ccc(Cl)c(Cl)c1)C1(c2ccccc2)CC1. The molecule has 1 nitrogen and oxygen atoms in total. The second kappa shape index (κ2) is 6.00. The van der Waals surface area contributed by atoms with Gasteiger partial charge in [0.05, 0.1) is 10.0 Å². The highest BCUT2D eigenvalue weighted by Gasteiger charge is 2.49. The fourth-order valence-electron chi connectivity index (χ4n) is 3.22. The van der Waals surface area contributed by atoms with Crippen molar-refractivity contribution in [2.75, 3.05) is 7.05 Å². The molecule has 0 bridgehead atoms. The van der Waals surface area contributed by atoms with Gasteiger partial charge in [-0.05, 0) is 49.6 Å². The summed E-state index contributed by atoms with van der Waals surface area (Å²) in [5.41, 5.74) is 2.93. The fraction of sp³-hybridized carbons (Fsp3) is 0.333. The molecule has 110 valence electrons. The van der Waals surface area contributed by atoms with E-state index in [2.05, 4.69) is 41.7 Å². The highest BCUT2D eigenvalue weighted by Crippen LogP contribution is 2.51. The molecule has 1 atom stereocenters. The van der Waals surface area contributed by atoms with Gasteiger partial charge in [0.15, 0.2) is 0 Å². The van der Waals surface area contributed by atoms with Gasteiger partial charge in [0, 0.05) is 11.5 Å². The molecular weight excluding hydrogens is 301 g/mol. The minimum Gasteiger partial charge on any atom is -0.316 e. The lowest BCUT2D eigenvalue weighted by Crippen LogP contribution is -2.39. The molecule has 1 N–H and O–H groups in total. The number of hydrogen-bond acceptors (Lipinski definition) is 1. The molecule has 1 saturated carbocycles. The standard InChI is InChI=1S/C18H19Cl2N/c1-21-17(12-13-7-8-15(19)16(20)11-13)18(9-10-18)14-5-3-2-4-6-14/h2-8,11,17,21H,9-10,12H2,1H3. The highest BCUT2D eigenvalue weighted by atomic mass is 35.5. The van der Waals surface area contributed by atoms with Gasteiger partial charge in [-0.1, -0.05) is 59.6 Å². The van der Waals surface area contributed by atoms with Gasteiger partial charge in [0.1, 0.15) is 0 Å². The van der Waals surface area contributed by atoms with Crippen LogP contribution in [0, 0.1) is 0 Å². The van der Waals surface area contributed by atoms with Crippen molar-refractivity contribution in [2.24, 2.45) is 0 Å². The molecule has 3 heteroatoms. The van der Waals surface area contributed by atoms with E-state index in [1.165, 1.54) is 24.0 Å². The molecule has 0 amide bonds. The summed E-state index contributed by atoms with van der Waals surface area (Å²) in [6.45, 7) is 0. The number of likely N-dealkylation sites (N-methyl/N-ethyl adjacent to an activating group) is 1. The smallest absolute Gasteiger partial charge is 0.0595 e. The Morgan fingerprint density at radius 2 is 1.76 bits per heavy atom. The Balaban J connectivity index is 1.84. The topological polar surface area (TPSA) is 12.0 Å². The zero-order chi connectivity index (χ0) is 14.9. The molecule has 0 heterocycles. The van der Waals surface area contributed by atoms with E-state index in [4.69, 9.17) is 23.2 Å². The Morgan fingerprint density at radius 1 is 1.05 bits per heavy atom. The Labute approximate surface area is 136 Å². The zero-order valence-electron chi connectivity index (χ0n) is 12.1. The van der Waals surface area contributed by atoms with E-state index in [1.807, 2.05) is 19.2 Å². The lowest BCUT2D eigenvalue weighted by atomic mass is 9.84. The predicted molar refractivity (Wildman–Crippen MR) is 90.4 cm³/mol. The van der Waals surface area contributed by atoms with Crippen LogP contribution in [0.3, 0.4) is 0 Å². The van der Waals surface area contributed by atoms with E-state index >= 15 is 0 Å². The van der Waals surface area contributed by atoms with Gasteiger partial charge in [-0.15, -0.1) is 0 Å². The van der Waals surface area contributed by atoms with Crippen LogP contribution >= 0.6 is 23.2 Å². The summed E-state index contributed by atoms with van der Waals surface area (Å²) in [6.07, 6.45) is 3.44. The van der Waals surface area contributed by atoms with E-state index in [0.717, 1.165) is 6.42 Å². The fourth-order valence-corrected chi connectivity index (χ4v) is 3.54. The maximum Gasteiger partial charge on any atom is 0.0595 e. The molecule has 21 heavy (non-hydrogen) atoms. The molecule has 1 aliphatic rings. The first-order valence-electron chi connectivity index (χ1n) is 7.32. The minimum absolute atomic E-state index is 0.266. The quantitative estimate of drug-likeness (QED) is 0.830. The van der Waals surface area contributed by atoms with Crippen LogP contribution in [0.2, 0.25) is 10.0 Å². The first-order valence-corrected chi connectivity index (χ1v) is 8.08. The Hall–Kier alpha value is -1.02. The molecule has 1 unspecified atom stereocenters. The molecule has 1 fully saturated rings. The van der Waals surface area contributed by atoms with Crippen LogP contribution in [0.25, 0.3) is 0 Å². The third kappa shape index (κ3) is 2.96. The summed E-state index contributed by atoms with van der Waals surface area (Å²) < 4.78 is 0. The van der Waals surface area contributed by atoms with Gasteiger partial charge in [-0.3, -0.25) is 0 Å². The minimum atomic E-state index is 0.266. The van der Waals surface area contributed by atoms with Gasteiger partial charge in [0.25, 0.3) is 0 Å². The monoisotopic (exact) mass is 319 g/mol. The van der Waals surface area contributed by atoms with E-state index in [0.29, 0.717) is 16.1 Å². The molecular formula is C18H19Cl2N. The van der Waals surface area contributed by atoms with Crippen molar-refractivity contribution in [3.8, 4) is 0 Å². The maximum absolute atomic E-state index is 6.14. The van der Waals surface area contributed by atoms with Crippen molar-refractivity contribution in [3.63, 3.8) is 0 Å². The van der Waals surface area contributed by atoms with Crippen LogP contribution in [0.4, 0.5) is 0 Å². The summed E-state index contributed by atoms with van der Waals surface area (Å²) >= 11 is 12.1. The van der Waals surface area contributed by atoms with Crippen LogP contribution in [0.15, 0.2) is 48.5 Å². The Bertz CT molecular complexity index is 620. The van der Waals surface area contributed by atoms with Crippen molar-refractivity contribution < 1.29 is 0 Å². The van der Waals surface area contributed by atoms with E-state index in [9.17, 15) is 0 Å². The van der Waals surface area contributed by atoms with Gasteiger partial charge < -0.3 is 5.32 Å². The second-order valence-corrected chi connectivity index (χ2v) is 6.63. The Kier molecular flexibility index (Phi) is 4.26. The first-order chi connectivity index (χ1) is 10.2. The first kappa shape index (κ1) is 14.9. The lowest BCUT2D eigenvalue weighted by molar-refractivity contribution is 0.442. The van der Waals surface area contributed by atoms with Crippen LogP contribution < -0.4 is 5.32 Å². The van der Waals surface area contributed by atoms with Crippen LogP contribution in [0.5, 0.6) is 0 Å². The summed E-state index contributed by atoms with van der Waals surface area (Å²) in [4.78, 5) is 0. The summed E-state index contributed by atoms with van der Waals surface area (Å²) in [7, 11) is 2.05. The molecule has 0 aliphatic heterocycles. The van der Waals surface area contributed by atoms with Gasteiger partial charge in [-0.2, -0.15) is 0 Å². The average molecular weight is 320 g/mol. The van der Waals surface area contributed by atoms with Crippen molar-refractivity contribution in [2.45, 2.75) is 30.7 Å². The lowest BCUT2D eigenvalue weighted by Gasteiger charge is -2.27. The highest BCUT2D eigenvalue weighted by molar-refractivity contribution is 6.42. The van der Waals surface area contributed by atoms with Crippen LogP contribution in [0.1, 0.15) is 24.0 Å². The molecule has 3 rings (SSSR count). The van der Waals surface area contributed by atoms with E-state index in [1.54, 1.807) is 0 Å². The number of benzene rings is 2. The van der Waals surface area contributed by atoms with Gasteiger partial charge in [0.2, 0.25) is 0 Å². The predicted octanol–water partition coefficient (Wildman–Crippen LogP) is 4.86. The number of nitrogens with one attached hydrogen (secondary N) is 1. The van der Waals surface area contributed by atoms with E-state index < -0.39 is 0 Å². The third-order valence-corrected chi connectivity index (χ3v) is 5.32. The maximum atomic E-state index is 6.14. The van der Waals surface area contributed by atoms with Crippen LogP contribution in [-0.4, -0.2) is 13.1 Å². The molecule has 0 spiro atoms. The van der Waals surface area contributed by atoms with Crippen molar-refractivity contribution in [1.29, 1.82) is 0 Å². The van der Waals surface area contributed by atoms with Gasteiger partial charge >= 0.3 is 0 Å². The number of rotatable bonds is 5. The van der Waals surface area contributed by atoms with Crippen LogP contribution in [-0.2, 0) is 11.8 Å². The van der Waals surface area contributed by atoms with Crippen molar-refractivity contribution in [3.05, 3.63) is 69.7 Å². The third-order valence-electron chi connectivity index (χ3n) is 4.58. The van der Waals surface area contributed by atoms with Crippen molar-refractivity contribution in [1.82, 2.24) is 5.32 Å². The summed E-state index contributed by atoms with van der Waals surface area (Å²) in [5.74, 6) is 0. The molecule has 1 aliphatic carbocycles. The average Bonchev–Trinajstić information content (AvgIpc) is 3.31. The van der Waals surface area contributed by atoms with Crippen molar-refractivity contribution >= 4 is 23.2 Å². The molecule has 0 aromatic heterocycles. The summed E-state index contributed by atoms with van der Waals surface area (Å²) in [6, 6.07) is 17.2. The zero-order valence-corrected chi connectivity index (χ0v) is 13.6. The molecule has 2 aromatic rings. The second-order valence-electron chi connectivity index (χ2n) is 5.82. The molecule has 0 saturated heterocycles. The largest absolute Gasteiger partial charge is 0.316 e. The number of halogens is 2. The number of hydrogen-bond donors (Lipinski definition) is 1. The Morgan fingerprint density at radius 3 is 2.33 bits per heavy atom.